The molecule has 0 bridgehead atoms. The Morgan fingerprint density at radius 2 is 2.07 bits per heavy atom. The summed E-state index contributed by atoms with van der Waals surface area (Å²) in [4.78, 5) is 24.4. The van der Waals surface area contributed by atoms with E-state index in [0.29, 0.717) is 12.2 Å². The van der Waals surface area contributed by atoms with Crippen LogP contribution < -0.4 is 9.67 Å². The maximum atomic E-state index is 12.9. The third-order valence-electron chi connectivity index (χ3n) is 5.22. The van der Waals surface area contributed by atoms with Crippen LogP contribution in [0.3, 0.4) is 0 Å². The maximum absolute atomic E-state index is 12.9. The molecule has 0 radical (unpaired) electrons. The number of hydrogen-bond donors (Lipinski definition) is 0. The molecular weight excluding hydrogens is 374 g/mol. The van der Waals surface area contributed by atoms with Crippen molar-refractivity contribution < 1.29 is 27.7 Å². The molecule has 10 nitrogen and oxygen atoms in total. The predicted octanol–water partition coefficient (Wildman–Crippen LogP) is -2.52. The van der Waals surface area contributed by atoms with Gasteiger partial charge in [-0.1, -0.05) is 11.3 Å². The second-order valence-corrected chi connectivity index (χ2v) is 9.56. The van der Waals surface area contributed by atoms with E-state index >= 15 is 0 Å². The average molecular weight is 391 g/mol. The average Bonchev–Trinajstić information content (AvgIpc) is 3.08. The lowest BCUT2D eigenvalue weighted by molar-refractivity contribution is -0.688. The molecule has 0 aromatic carbocycles. The second kappa shape index (κ2) is 5.84. The Morgan fingerprint density at radius 1 is 1.37 bits per heavy atom. The standard InChI is InChI=1S/C16H17N5O5S/c1-16(14(15(23)24)21-12(22)7-13(21)27(16,25)26)10-20-9-11(17-18-20)8-19-5-3-2-4-6-19/h2-6,9,13-14H,7-8,10H2,1H3/t13-,14+,16+/m1/s1. The number of rotatable bonds is 5. The molecule has 4 rings (SSSR count). The summed E-state index contributed by atoms with van der Waals surface area (Å²) in [6, 6.07) is 4.05. The van der Waals surface area contributed by atoms with E-state index in [1.165, 1.54) is 11.6 Å². The Kier molecular flexibility index (Phi) is 3.81. The number of pyridine rings is 1. The monoisotopic (exact) mass is 391 g/mol. The number of hydrogen-bond acceptors (Lipinski definition) is 7. The molecule has 142 valence electrons. The molecule has 2 aliphatic rings. The van der Waals surface area contributed by atoms with Crippen molar-refractivity contribution in [1.29, 1.82) is 0 Å². The van der Waals surface area contributed by atoms with Gasteiger partial charge < -0.3 is 14.8 Å². The van der Waals surface area contributed by atoms with Crippen molar-refractivity contribution in [1.82, 2.24) is 19.9 Å². The van der Waals surface area contributed by atoms with E-state index in [0.717, 1.165) is 4.90 Å². The van der Waals surface area contributed by atoms with Crippen molar-refractivity contribution in [2.75, 3.05) is 0 Å². The Hall–Kier alpha value is -2.82. The van der Waals surface area contributed by atoms with Crippen LogP contribution in [-0.2, 0) is 32.5 Å². The van der Waals surface area contributed by atoms with Gasteiger partial charge in [0.25, 0.3) is 0 Å². The number of carbonyl (C=O) groups excluding carboxylic acids is 2. The van der Waals surface area contributed by atoms with Gasteiger partial charge in [-0.2, -0.15) is 4.57 Å². The van der Waals surface area contributed by atoms with Gasteiger partial charge in [-0.15, -0.1) is 5.10 Å². The number of carbonyl (C=O) groups is 2. The van der Waals surface area contributed by atoms with Crippen molar-refractivity contribution in [2.45, 2.75) is 42.6 Å². The molecule has 0 N–H and O–H groups in total. The molecular formula is C16H17N5O5S. The molecule has 0 spiro atoms. The highest BCUT2D eigenvalue weighted by atomic mass is 32.2. The summed E-state index contributed by atoms with van der Waals surface area (Å²) in [7, 11) is -3.91. The van der Waals surface area contributed by atoms with E-state index in [2.05, 4.69) is 10.3 Å². The van der Waals surface area contributed by atoms with Crippen LogP contribution in [0.25, 0.3) is 0 Å². The molecule has 2 aromatic heterocycles. The van der Waals surface area contributed by atoms with Crippen LogP contribution in [0.5, 0.6) is 0 Å². The van der Waals surface area contributed by atoms with Crippen LogP contribution >= 0.6 is 0 Å². The van der Waals surface area contributed by atoms with Crippen molar-refractivity contribution in [3.05, 3.63) is 42.5 Å². The molecule has 2 saturated heterocycles. The summed E-state index contributed by atoms with van der Waals surface area (Å²) in [5.41, 5.74) is 0.592. The molecule has 0 unspecified atom stereocenters. The first-order valence-corrected chi connectivity index (χ1v) is 9.87. The molecule has 4 heterocycles. The first kappa shape index (κ1) is 17.6. The fourth-order valence-corrected chi connectivity index (χ4v) is 6.16. The van der Waals surface area contributed by atoms with Gasteiger partial charge in [0.1, 0.15) is 15.8 Å². The first-order chi connectivity index (χ1) is 12.7. The second-order valence-electron chi connectivity index (χ2n) is 6.99. The summed E-state index contributed by atoms with van der Waals surface area (Å²) >= 11 is 0. The molecule has 11 heteroatoms. The summed E-state index contributed by atoms with van der Waals surface area (Å²) in [5.74, 6) is -2.09. The van der Waals surface area contributed by atoms with Gasteiger partial charge in [0.05, 0.1) is 31.2 Å². The summed E-state index contributed by atoms with van der Waals surface area (Å²) in [6.07, 6.45) is 5.08. The highest BCUT2D eigenvalue weighted by Crippen LogP contribution is 2.46. The maximum Gasteiger partial charge on any atom is 0.227 e. The normalized spacial score (nSPS) is 28.6. The lowest BCUT2D eigenvalue weighted by Gasteiger charge is -2.38. The van der Waals surface area contributed by atoms with E-state index in [-0.39, 0.29) is 13.0 Å². The minimum atomic E-state index is -3.91. The fraction of sp³-hybridized carbons (Fsp3) is 0.438. The molecule has 2 aliphatic heterocycles. The number of fused-ring (bicyclic) bond motifs is 1. The van der Waals surface area contributed by atoms with E-state index in [1.807, 2.05) is 35.2 Å². The van der Waals surface area contributed by atoms with E-state index in [4.69, 9.17) is 0 Å². The number of carboxylic acids is 1. The summed E-state index contributed by atoms with van der Waals surface area (Å²) in [5, 5.41) is 18.5. The van der Waals surface area contributed by atoms with Gasteiger partial charge in [0.15, 0.2) is 28.8 Å². The summed E-state index contributed by atoms with van der Waals surface area (Å²) < 4.78 is 27.2. The summed E-state index contributed by atoms with van der Waals surface area (Å²) in [6.45, 7) is 1.52. The lowest BCUT2D eigenvalue weighted by Crippen LogP contribution is -2.61. The van der Waals surface area contributed by atoms with E-state index < -0.39 is 37.9 Å². The van der Waals surface area contributed by atoms with E-state index in [1.54, 1.807) is 6.20 Å². The largest absolute Gasteiger partial charge is 0.548 e. The van der Waals surface area contributed by atoms with E-state index in [9.17, 15) is 23.1 Å². The fourth-order valence-electron chi connectivity index (χ4n) is 3.81. The van der Waals surface area contributed by atoms with Crippen LogP contribution in [-0.4, -0.2) is 56.4 Å². The van der Waals surface area contributed by atoms with Crippen LogP contribution in [0.4, 0.5) is 0 Å². The zero-order valence-electron chi connectivity index (χ0n) is 14.4. The van der Waals surface area contributed by atoms with Crippen molar-refractivity contribution in [3.8, 4) is 0 Å². The zero-order chi connectivity index (χ0) is 19.4. The molecule has 27 heavy (non-hydrogen) atoms. The number of aromatic nitrogens is 4. The number of sulfone groups is 1. The SMILES string of the molecule is C[C@]1(Cn2cc(C[n+]3ccccc3)nn2)[C@H](C(=O)[O-])N2C(=O)C[C@H]2S1(=O)=O. The van der Waals surface area contributed by atoms with Crippen molar-refractivity contribution in [2.24, 2.45) is 0 Å². The van der Waals surface area contributed by atoms with Crippen LogP contribution in [0.1, 0.15) is 19.0 Å². The lowest BCUT2D eigenvalue weighted by atomic mass is 9.96. The number of amides is 1. The Bertz CT molecular complexity index is 1020. The molecule has 2 aromatic rings. The quantitative estimate of drug-likeness (QED) is 0.406. The van der Waals surface area contributed by atoms with Crippen LogP contribution in [0.2, 0.25) is 0 Å². The van der Waals surface area contributed by atoms with Gasteiger partial charge >= 0.3 is 0 Å². The van der Waals surface area contributed by atoms with Crippen LogP contribution in [0, 0.1) is 0 Å². The van der Waals surface area contributed by atoms with Crippen molar-refractivity contribution >= 4 is 21.7 Å². The Balaban J connectivity index is 1.63. The smallest absolute Gasteiger partial charge is 0.227 e. The Morgan fingerprint density at radius 3 is 2.70 bits per heavy atom. The highest BCUT2D eigenvalue weighted by molar-refractivity contribution is 7.93. The number of β-lactam (4-membered cyclic amide) rings is 1. The minimum absolute atomic E-state index is 0.199. The molecule has 0 saturated carbocycles. The predicted molar refractivity (Wildman–Crippen MR) is 87.1 cm³/mol. The molecule has 3 atom stereocenters. The topological polar surface area (TPSA) is 129 Å². The van der Waals surface area contributed by atoms with Gasteiger partial charge in [-0.25, -0.2) is 8.42 Å². The van der Waals surface area contributed by atoms with Crippen molar-refractivity contribution in [3.63, 3.8) is 0 Å². The zero-order valence-corrected chi connectivity index (χ0v) is 15.2. The number of nitrogens with zero attached hydrogens (tertiary/aromatic N) is 5. The van der Waals surface area contributed by atoms with Crippen LogP contribution in [0.15, 0.2) is 36.8 Å². The minimum Gasteiger partial charge on any atom is -0.548 e. The third-order valence-corrected chi connectivity index (χ3v) is 7.98. The van der Waals surface area contributed by atoms with Gasteiger partial charge in [-0.05, 0) is 6.92 Å². The number of aliphatic carboxylic acids is 1. The first-order valence-electron chi connectivity index (χ1n) is 8.32. The van der Waals surface area contributed by atoms with Gasteiger partial charge in [0, 0.05) is 12.1 Å². The van der Waals surface area contributed by atoms with Gasteiger partial charge in [-0.3, -0.25) is 9.48 Å². The molecule has 0 aliphatic carbocycles. The Labute approximate surface area is 154 Å². The van der Waals surface area contributed by atoms with Gasteiger partial charge in [0.2, 0.25) is 5.91 Å². The molecule has 1 amide bonds. The highest BCUT2D eigenvalue weighted by Gasteiger charge is 2.68. The molecule has 2 fully saturated rings. The number of carboxylic acid groups (broad SMARTS) is 1. The third kappa shape index (κ3) is 2.52.